The Morgan fingerprint density at radius 3 is 2.50 bits per heavy atom. The summed E-state index contributed by atoms with van der Waals surface area (Å²) in [6, 6.07) is 0. The highest BCUT2D eigenvalue weighted by atomic mass is 16.6. The van der Waals surface area contributed by atoms with Crippen LogP contribution < -0.4 is 10.8 Å². The Bertz CT molecular complexity index is 118. The Labute approximate surface area is 73.6 Å². The van der Waals surface area contributed by atoms with Gasteiger partial charge in [0.1, 0.15) is 0 Å². The van der Waals surface area contributed by atoms with Gasteiger partial charge in [0.2, 0.25) is 5.91 Å². The lowest BCUT2D eigenvalue weighted by molar-refractivity contribution is -0.118. The van der Waals surface area contributed by atoms with Crippen LogP contribution in [0.4, 0.5) is 0 Å². The molecule has 4 heteroatoms. The van der Waals surface area contributed by atoms with Crippen LogP contribution in [0.3, 0.4) is 0 Å². The number of amides is 1. The number of hydrogen-bond acceptors (Lipinski definition) is 3. The van der Waals surface area contributed by atoms with Gasteiger partial charge in [-0.15, -0.1) is 0 Å². The number of unbranched alkanes of at least 4 members (excludes halogenated alkanes) is 2. The summed E-state index contributed by atoms with van der Waals surface area (Å²) in [4.78, 5) is 15.1. The van der Waals surface area contributed by atoms with Crippen LogP contribution in [0.5, 0.6) is 0 Å². The summed E-state index contributed by atoms with van der Waals surface area (Å²) in [7, 11) is 1.61. The smallest absolute Gasteiger partial charge is 0.216 e. The number of nitrogens with one attached hydrogen (secondary N) is 2. The summed E-state index contributed by atoms with van der Waals surface area (Å²) in [5, 5.41) is 2.75. The van der Waals surface area contributed by atoms with E-state index in [0.29, 0.717) is 0 Å². The van der Waals surface area contributed by atoms with Gasteiger partial charge in [-0.25, -0.2) is 5.48 Å². The van der Waals surface area contributed by atoms with Crippen LogP contribution in [0.15, 0.2) is 0 Å². The van der Waals surface area contributed by atoms with Crippen molar-refractivity contribution in [3.05, 3.63) is 0 Å². The minimum atomic E-state index is 0.0463. The zero-order chi connectivity index (χ0) is 9.23. The molecule has 0 aliphatic rings. The number of carbonyl (C=O) groups is 1. The summed E-state index contributed by atoms with van der Waals surface area (Å²) < 4.78 is 0. The average Bonchev–Trinajstić information content (AvgIpc) is 2.02. The monoisotopic (exact) mass is 174 g/mol. The lowest BCUT2D eigenvalue weighted by atomic mass is 10.2. The molecule has 0 heterocycles. The van der Waals surface area contributed by atoms with Crippen LogP contribution in [0, 0.1) is 0 Å². The van der Waals surface area contributed by atoms with Gasteiger partial charge in [-0.05, 0) is 12.8 Å². The molecule has 0 bridgehead atoms. The molecule has 1 amide bonds. The van der Waals surface area contributed by atoms with Gasteiger partial charge in [-0.1, -0.05) is 6.42 Å². The number of carbonyl (C=O) groups excluding carboxylic acids is 1. The average molecular weight is 174 g/mol. The van der Waals surface area contributed by atoms with Gasteiger partial charge >= 0.3 is 0 Å². The van der Waals surface area contributed by atoms with Gasteiger partial charge in [0.05, 0.1) is 7.11 Å². The lowest BCUT2D eigenvalue weighted by Gasteiger charge is -2.02. The van der Waals surface area contributed by atoms with E-state index < -0.39 is 0 Å². The first-order valence-corrected chi connectivity index (χ1v) is 4.27. The third-order valence-corrected chi connectivity index (χ3v) is 1.47. The third kappa shape index (κ3) is 9.39. The topological polar surface area (TPSA) is 50.4 Å². The molecule has 0 saturated heterocycles. The van der Waals surface area contributed by atoms with Gasteiger partial charge in [0.25, 0.3) is 0 Å². The lowest BCUT2D eigenvalue weighted by Crippen LogP contribution is -2.21. The van der Waals surface area contributed by atoms with Crippen molar-refractivity contribution < 1.29 is 9.63 Å². The molecule has 0 rings (SSSR count). The molecule has 0 radical (unpaired) electrons. The van der Waals surface area contributed by atoms with Crippen LogP contribution in [0.25, 0.3) is 0 Å². The molecule has 72 valence electrons. The molecule has 0 fully saturated rings. The summed E-state index contributed by atoms with van der Waals surface area (Å²) in [5.41, 5.74) is 2.76. The molecule has 0 spiro atoms. The second-order valence-corrected chi connectivity index (χ2v) is 2.64. The Morgan fingerprint density at radius 1 is 1.25 bits per heavy atom. The van der Waals surface area contributed by atoms with E-state index >= 15 is 0 Å². The first kappa shape index (κ1) is 11.4. The molecule has 0 aromatic rings. The largest absolute Gasteiger partial charge is 0.356 e. The maximum atomic E-state index is 10.4. The summed E-state index contributed by atoms with van der Waals surface area (Å²) in [5.74, 6) is 0.0463. The van der Waals surface area contributed by atoms with E-state index in [1.54, 1.807) is 7.11 Å². The van der Waals surface area contributed by atoms with Crippen LogP contribution in [-0.2, 0) is 9.63 Å². The molecule has 0 atom stereocenters. The van der Waals surface area contributed by atoms with Crippen LogP contribution >= 0.6 is 0 Å². The highest BCUT2D eigenvalue weighted by Crippen LogP contribution is 1.91. The molecule has 0 saturated carbocycles. The standard InChI is InChI=1S/C8H18N2O2/c1-8(11)9-6-4-3-5-7-10-12-2/h10H,3-7H2,1-2H3,(H,9,11). The minimum Gasteiger partial charge on any atom is -0.356 e. The van der Waals surface area contributed by atoms with Crippen LogP contribution in [0.1, 0.15) is 26.2 Å². The fourth-order valence-electron chi connectivity index (χ4n) is 0.865. The zero-order valence-corrected chi connectivity index (χ0v) is 7.85. The van der Waals surface area contributed by atoms with Crippen molar-refractivity contribution in [3.63, 3.8) is 0 Å². The SMILES string of the molecule is CONCCCCCNC(C)=O. The second-order valence-electron chi connectivity index (χ2n) is 2.64. The molecule has 0 aliphatic carbocycles. The van der Waals surface area contributed by atoms with Gasteiger partial charge < -0.3 is 10.2 Å². The third-order valence-electron chi connectivity index (χ3n) is 1.47. The number of rotatable bonds is 7. The van der Waals surface area contributed by atoms with E-state index in [1.807, 2.05) is 0 Å². The summed E-state index contributed by atoms with van der Waals surface area (Å²) in [6.45, 7) is 3.19. The fourth-order valence-corrected chi connectivity index (χ4v) is 0.865. The first-order chi connectivity index (χ1) is 5.77. The van der Waals surface area contributed by atoms with Gasteiger partial charge in [-0.2, -0.15) is 0 Å². The van der Waals surface area contributed by atoms with E-state index in [4.69, 9.17) is 0 Å². The predicted molar refractivity (Wildman–Crippen MR) is 47.5 cm³/mol. The van der Waals surface area contributed by atoms with Gasteiger partial charge in [0, 0.05) is 20.0 Å². The van der Waals surface area contributed by atoms with Crippen molar-refractivity contribution in [3.8, 4) is 0 Å². The number of hydrogen-bond donors (Lipinski definition) is 2. The maximum Gasteiger partial charge on any atom is 0.216 e. The molecular weight excluding hydrogens is 156 g/mol. The molecule has 0 aromatic heterocycles. The second kappa shape index (κ2) is 8.49. The van der Waals surface area contributed by atoms with Crippen LogP contribution in [-0.4, -0.2) is 26.1 Å². The maximum absolute atomic E-state index is 10.4. The molecule has 12 heavy (non-hydrogen) atoms. The van der Waals surface area contributed by atoms with Crippen molar-refractivity contribution in [1.29, 1.82) is 0 Å². The Morgan fingerprint density at radius 2 is 1.92 bits per heavy atom. The molecule has 0 aliphatic heterocycles. The molecule has 0 unspecified atom stereocenters. The van der Waals surface area contributed by atoms with Crippen molar-refractivity contribution in [2.24, 2.45) is 0 Å². The number of hydroxylamine groups is 1. The van der Waals surface area contributed by atoms with E-state index in [9.17, 15) is 4.79 Å². The van der Waals surface area contributed by atoms with Gasteiger partial charge in [0.15, 0.2) is 0 Å². The Balaban J connectivity index is 2.86. The predicted octanol–water partition coefficient (Wildman–Crippen LogP) is 0.444. The van der Waals surface area contributed by atoms with E-state index in [-0.39, 0.29) is 5.91 Å². The normalized spacial score (nSPS) is 9.83. The van der Waals surface area contributed by atoms with E-state index in [1.165, 1.54) is 6.92 Å². The quantitative estimate of drug-likeness (QED) is 0.435. The Kier molecular flexibility index (Phi) is 8.05. The van der Waals surface area contributed by atoms with Crippen molar-refractivity contribution >= 4 is 5.91 Å². The molecular formula is C8H18N2O2. The highest BCUT2D eigenvalue weighted by molar-refractivity contribution is 5.72. The summed E-state index contributed by atoms with van der Waals surface area (Å²) in [6.07, 6.45) is 3.22. The fraction of sp³-hybridized carbons (Fsp3) is 0.875. The van der Waals surface area contributed by atoms with Gasteiger partial charge in [-0.3, -0.25) is 4.79 Å². The van der Waals surface area contributed by atoms with E-state index in [2.05, 4.69) is 15.6 Å². The van der Waals surface area contributed by atoms with Crippen molar-refractivity contribution in [2.75, 3.05) is 20.2 Å². The molecule has 2 N–H and O–H groups in total. The van der Waals surface area contributed by atoms with Crippen molar-refractivity contribution in [2.45, 2.75) is 26.2 Å². The van der Waals surface area contributed by atoms with E-state index in [0.717, 1.165) is 32.4 Å². The van der Waals surface area contributed by atoms with Crippen molar-refractivity contribution in [1.82, 2.24) is 10.8 Å². The van der Waals surface area contributed by atoms with Crippen LogP contribution in [0.2, 0.25) is 0 Å². The molecule has 4 nitrogen and oxygen atoms in total. The highest BCUT2D eigenvalue weighted by Gasteiger charge is 1.90. The molecule has 0 aromatic carbocycles. The minimum absolute atomic E-state index is 0.0463. The Hall–Kier alpha value is -0.610. The summed E-state index contributed by atoms with van der Waals surface area (Å²) >= 11 is 0. The zero-order valence-electron chi connectivity index (χ0n) is 7.85. The first-order valence-electron chi connectivity index (χ1n) is 4.27.